The van der Waals surface area contributed by atoms with Gasteiger partial charge in [-0.05, 0) is 19.9 Å². The van der Waals surface area contributed by atoms with Crippen LogP contribution < -0.4 is 0 Å². The lowest BCUT2D eigenvalue weighted by atomic mass is 10.2. The zero-order valence-electron chi connectivity index (χ0n) is 8.36. The standard InChI is InChI=1S/C9H19NO3/c1-3-4-10(5-6-11)8(2)7-9(12)13/h8,11H,3-7H2,1-2H3,(H,12,13). The number of carboxylic acids is 1. The summed E-state index contributed by atoms with van der Waals surface area (Å²) in [4.78, 5) is 12.4. The molecule has 0 amide bonds. The molecule has 13 heavy (non-hydrogen) atoms. The zero-order valence-corrected chi connectivity index (χ0v) is 8.36. The van der Waals surface area contributed by atoms with Crippen molar-refractivity contribution in [3.63, 3.8) is 0 Å². The monoisotopic (exact) mass is 189 g/mol. The third kappa shape index (κ3) is 5.60. The van der Waals surface area contributed by atoms with Crippen LogP contribution in [0.25, 0.3) is 0 Å². The van der Waals surface area contributed by atoms with Crippen LogP contribution in [-0.2, 0) is 4.79 Å². The Balaban J connectivity index is 3.93. The Hall–Kier alpha value is -0.610. The Morgan fingerprint density at radius 1 is 1.46 bits per heavy atom. The predicted octanol–water partition coefficient (Wildman–Crippen LogP) is 0.554. The smallest absolute Gasteiger partial charge is 0.304 e. The summed E-state index contributed by atoms with van der Waals surface area (Å²) in [5.74, 6) is -0.786. The van der Waals surface area contributed by atoms with Gasteiger partial charge in [0.15, 0.2) is 0 Å². The fourth-order valence-electron chi connectivity index (χ4n) is 1.35. The number of rotatable bonds is 7. The molecule has 0 bridgehead atoms. The van der Waals surface area contributed by atoms with Gasteiger partial charge in [0.05, 0.1) is 13.0 Å². The lowest BCUT2D eigenvalue weighted by Gasteiger charge is -2.26. The first-order valence-corrected chi connectivity index (χ1v) is 4.68. The van der Waals surface area contributed by atoms with E-state index in [2.05, 4.69) is 0 Å². The number of aliphatic hydroxyl groups is 1. The second-order valence-electron chi connectivity index (χ2n) is 3.21. The maximum atomic E-state index is 10.4. The van der Waals surface area contributed by atoms with Gasteiger partial charge in [-0.1, -0.05) is 6.92 Å². The Kier molecular flexibility index (Phi) is 6.54. The molecule has 2 N–H and O–H groups in total. The minimum atomic E-state index is -0.786. The van der Waals surface area contributed by atoms with Crippen LogP contribution in [0.2, 0.25) is 0 Å². The van der Waals surface area contributed by atoms with Gasteiger partial charge in [-0.15, -0.1) is 0 Å². The molecule has 0 aromatic carbocycles. The van der Waals surface area contributed by atoms with E-state index in [1.54, 1.807) is 0 Å². The fourth-order valence-corrected chi connectivity index (χ4v) is 1.35. The molecular formula is C9H19NO3. The maximum absolute atomic E-state index is 10.4. The largest absolute Gasteiger partial charge is 0.481 e. The second-order valence-corrected chi connectivity index (χ2v) is 3.21. The van der Waals surface area contributed by atoms with Crippen LogP contribution in [0.3, 0.4) is 0 Å². The SMILES string of the molecule is CCCN(CCO)C(C)CC(=O)O. The molecule has 0 heterocycles. The lowest BCUT2D eigenvalue weighted by Crippen LogP contribution is -2.37. The van der Waals surface area contributed by atoms with Gasteiger partial charge in [0.1, 0.15) is 0 Å². The summed E-state index contributed by atoms with van der Waals surface area (Å²) in [5.41, 5.74) is 0. The van der Waals surface area contributed by atoms with Crippen LogP contribution in [0.4, 0.5) is 0 Å². The Morgan fingerprint density at radius 2 is 2.08 bits per heavy atom. The molecule has 0 aliphatic heterocycles. The molecule has 1 unspecified atom stereocenters. The summed E-state index contributed by atoms with van der Waals surface area (Å²) in [6.07, 6.45) is 1.12. The van der Waals surface area contributed by atoms with E-state index in [4.69, 9.17) is 10.2 Å². The number of carboxylic acid groups (broad SMARTS) is 1. The zero-order chi connectivity index (χ0) is 10.3. The van der Waals surface area contributed by atoms with Crippen LogP contribution in [-0.4, -0.2) is 46.8 Å². The minimum Gasteiger partial charge on any atom is -0.481 e. The summed E-state index contributed by atoms with van der Waals surface area (Å²) in [6, 6.07) is 0.00426. The van der Waals surface area contributed by atoms with Crippen molar-refractivity contribution < 1.29 is 15.0 Å². The fraction of sp³-hybridized carbons (Fsp3) is 0.889. The molecule has 0 spiro atoms. The molecular weight excluding hydrogens is 170 g/mol. The molecule has 0 aromatic rings. The Morgan fingerprint density at radius 3 is 2.46 bits per heavy atom. The first-order chi connectivity index (χ1) is 6.11. The normalized spacial score (nSPS) is 13.2. The third-order valence-electron chi connectivity index (χ3n) is 1.99. The minimum absolute atomic E-state index is 0.00426. The lowest BCUT2D eigenvalue weighted by molar-refractivity contribution is -0.138. The molecule has 0 aromatic heterocycles. The van der Waals surface area contributed by atoms with E-state index in [1.165, 1.54) is 0 Å². The van der Waals surface area contributed by atoms with Gasteiger partial charge >= 0.3 is 5.97 Å². The van der Waals surface area contributed by atoms with E-state index in [-0.39, 0.29) is 19.1 Å². The van der Waals surface area contributed by atoms with Crippen molar-refractivity contribution in [1.29, 1.82) is 0 Å². The van der Waals surface area contributed by atoms with Crippen molar-refractivity contribution in [1.82, 2.24) is 4.90 Å². The molecule has 1 atom stereocenters. The van der Waals surface area contributed by atoms with Gasteiger partial charge < -0.3 is 10.2 Å². The predicted molar refractivity (Wildman–Crippen MR) is 50.7 cm³/mol. The van der Waals surface area contributed by atoms with E-state index in [9.17, 15) is 4.79 Å². The van der Waals surface area contributed by atoms with Crippen LogP contribution in [0.15, 0.2) is 0 Å². The summed E-state index contributed by atoms with van der Waals surface area (Å²) in [6.45, 7) is 5.40. The van der Waals surface area contributed by atoms with Crippen molar-refractivity contribution >= 4 is 5.97 Å². The second kappa shape index (κ2) is 6.86. The summed E-state index contributed by atoms with van der Waals surface area (Å²) >= 11 is 0. The molecule has 0 saturated carbocycles. The van der Waals surface area contributed by atoms with E-state index < -0.39 is 5.97 Å². The average molecular weight is 189 g/mol. The van der Waals surface area contributed by atoms with Crippen LogP contribution in [0.5, 0.6) is 0 Å². The number of aliphatic carboxylic acids is 1. The number of aliphatic hydroxyl groups excluding tert-OH is 1. The quantitative estimate of drug-likeness (QED) is 0.614. The molecule has 0 rings (SSSR count). The highest BCUT2D eigenvalue weighted by Crippen LogP contribution is 2.04. The van der Waals surface area contributed by atoms with Gasteiger partial charge in [0.25, 0.3) is 0 Å². The first-order valence-electron chi connectivity index (χ1n) is 4.68. The van der Waals surface area contributed by atoms with Crippen LogP contribution in [0, 0.1) is 0 Å². The topological polar surface area (TPSA) is 60.8 Å². The molecule has 78 valence electrons. The summed E-state index contributed by atoms with van der Waals surface area (Å²) in [7, 11) is 0. The summed E-state index contributed by atoms with van der Waals surface area (Å²) < 4.78 is 0. The van der Waals surface area contributed by atoms with E-state index in [1.807, 2.05) is 18.7 Å². The number of nitrogens with zero attached hydrogens (tertiary/aromatic N) is 1. The highest BCUT2D eigenvalue weighted by Gasteiger charge is 2.14. The Bertz CT molecular complexity index is 144. The van der Waals surface area contributed by atoms with Gasteiger partial charge in [0.2, 0.25) is 0 Å². The molecule has 0 aliphatic rings. The van der Waals surface area contributed by atoms with Gasteiger partial charge in [-0.25, -0.2) is 0 Å². The molecule has 0 saturated heterocycles. The Labute approximate surface area is 79.2 Å². The maximum Gasteiger partial charge on any atom is 0.304 e. The van der Waals surface area contributed by atoms with Crippen LogP contribution in [0.1, 0.15) is 26.7 Å². The molecule has 0 aliphatic carbocycles. The molecule has 4 heteroatoms. The number of carbonyl (C=O) groups is 1. The highest BCUT2D eigenvalue weighted by atomic mass is 16.4. The van der Waals surface area contributed by atoms with Gasteiger partial charge in [-0.3, -0.25) is 9.69 Å². The van der Waals surface area contributed by atoms with Crippen molar-refractivity contribution in [2.24, 2.45) is 0 Å². The van der Waals surface area contributed by atoms with Crippen molar-refractivity contribution in [2.45, 2.75) is 32.7 Å². The van der Waals surface area contributed by atoms with Crippen molar-refractivity contribution in [2.75, 3.05) is 19.7 Å². The van der Waals surface area contributed by atoms with Crippen LogP contribution >= 0.6 is 0 Å². The average Bonchev–Trinajstić information content (AvgIpc) is 2.02. The highest BCUT2D eigenvalue weighted by molar-refractivity contribution is 5.67. The van der Waals surface area contributed by atoms with Crippen molar-refractivity contribution in [3.8, 4) is 0 Å². The number of hydrogen-bond donors (Lipinski definition) is 2. The van der Waals surface area contributed by atoms with E-state index >= 15 is 0 Å². The van der Waals surface area contributed by atoms with Gasteiger partial charge in [-0.2, -0.15) is 0 Å². The summed E-state index contributed by atoms with van der Waals surface area (Å²) in [5, 5.41) is 17.3. The molecule has 0 radical (unpaired) electrons. The number of hydrogen-bond acceptors (Lipinski definition) is 3. The van der Waals surface area contributed by atoms with Gasteiger partial charge in [0, 0.05) is 12.6 Å². The van der Waals surface area contributed by atoms with E-state index in [0.29, 0.717) is 6.54 Å². The van der Waals surface area contributed by atoms with E-state index in [0.717, 1.165) is 13.0 Å². The van der Waals surface area contributed by atoms with Crippen molar-refractivity contribution in [3.05, 3.63) is 0 Å². The first kappa shape index (κ1) is 12.4. The third-order valence-corrected chi connectivity index (χ3v) is 1.99. The molecule has 0 fully saturated rings. The molecule has 4 nitrogen and oxygen atoms in total.